The van der Waals surface area contributed by atoms with Crippen LogP contribution in [-0.2, 0) is 10.8 Å². The number of alkyl halides is 2. The van der Waals surface area contributed by atoms with Gasteiger partial charge in [-0.05, 0) is 45.1 Å². The first-order valence-corrected chi connectivity index (χ1v) is 7.76. The largest absolute Gasteiger partial charge is 0.486 e. The van der Waals surface area contributed by atoms with Crippen molar-refractivity contribution >= 4 is 22.6 Å². The molecule has 0 saturated heterocycles. The summed E-state index contributed by atoms with van der Waals surface area (Å²) in [6.07, 6.45) is -2.46. The van der Waals surface area contributed by atoms with Crippen LogP contribution in [0.1, 0.15) is 52.7 Å². The normalized spacial score (nSPS) is 12.9. The molecule has 0 saturated carbocycles. The lowest BCUT2D eigenvalue weighted by Crippen LogP contribution is -2.20. The van der Waals surface area contributed by atoms with E-state index in [1.165, 1.54) is 5.56 Å². The summed E-state index contributed by atoms with van der Waals surface area (Å²) in [5.74, 6) is 0.589. The minimum absolute atomic E-state index is 0.0150. The monoisotopic (exact) mass is 396 g/mol. The molecule has 0 aliphatic heterocycles. The third-order valence-corrected chi connectivity index (χ3v) is 3.87. The van der Waals surface area contributed by atoms with E-state index < -0.39 is 13.0 Å². The zero-order valence-electron chi connectivity index (χ0n) is 13.0. The molecular formula is C16H23F2IO. The number of halogens is 3. The van der Waals surface area contributed by atoms with Gasteiger partial charge >= 0.3 is 0 Å². The summed E-state index contributed by atoms with van der Waals surface area (Å²) in [6, 6.07) is 4.11. The first kappa shape index (κ1) is 17.7. The molecular weight excluding hydrogens is 373 g/mol. The molecule has 0 radical (unpaired) electrons. The average Bonchev–Trinajstić information content (AvgIpc) is 2.23. The van der Waals surface area contributed by atoms with Crippen LogP contribution in [0, 0.1) is 3.57 Å². The Labute approximate surface area is 134 Å². The number of hydrogen-bond donors (Lipinski definition) is 0. The van der Waals surface area contributed by atoms with Crippen molar-refractivity contribution in [2.45, 2.75) is 58.8 Å². The van der Waals surface area contributed by atoms with Crippen LogP contribution >= 0.6 is 22.6 Å². The molecule has 0 N–H and O–H groups in total. The minimum Gasteiger partial charge on any atom is -0.486 e. The van der Waals surface area contributed by atoms with Crippen LogP contribution in [0.3, 0.4) is 0 Å². The second-order valence-corrected chi connectivity index (χ2v) is 8.20. The first-order valence-electron chi connectivity index (χ1n) is 6.68. The third kappa shape index (κ3) is 4.57. The van der Waals surface area contributed by atoms with Crippen LogP contribution in [0.25, 0.3) is 0 Å². The highest BCUT2D eigenvalue weighted by atomic mass is 127. The van der Waals surface area contributed by atoms with E-state index in [9.17, 15) is 8.78 Å². The fourth-order valence-corrected chi connectivity index (χ4v) is 2.66. The highest BCUT2D eigenvalue weighted by Crippen LogP contribution is 2.39. The molecule has 0 aliphatic rings. The summed E-state index contributed by atoms with van der Waals surface area (Å²) in [5, 5.41) is 0. The molecule has 1 rings (SSSR count). The van der Waals surface area contributed by atoms with Gasteiger partial charge in [0.25, 0.3) is 6.43 Å². The van der Waals surface area contributed by atoms with Gasteiger partial charge in [-0.15, -0.1) is 0 Å². The van der Waals surface area contributed by atoms with E-state index in [0.29, 0.717) is 5.75 Å². The molecule has 0 unspecified atom stereocenters. The Morgan fingerprint density at radius 3 is 2.00 bits per heavy atom. The van der Waals surface area contributed by atoms with Gasteiger partial charge in [0.05, 0.1) is 3.57 Å². The molecule has 0 heterocycles. The van der Waals surface area contributed by atoms with E-state index in [4.69, 9.17) is 4.74 Å². The zero-order valence-corrected chi connectivity index (χ0v) is 15.1. The molecule has 1 aromatic rings. The van der Waals surface area contributed by atoms with Gasteiger partial charge in [0, 0.05) is 5.56 Å². The Balaban J connectivity index is 3.36. The average molecular weight is 396 g/mol. The van der Waals surface area contributed by atoms with Gasteiger partial charge in [0.2, 0.25) is 0 Å². The molecule has 0 fully saturated rings. The van der Waals surface area contributed by atoms with Crippen molar-refractivity contribution in [2.24, 2.45) is 0 Å². The maximum Gasteiger partial charge on any atom is 0.272 e. The van der Waals surface area contributed by atoms with Crippen molar-refractivity contribution < 1.29 is 13.5 Å². The second kappa shape index (κ2) is 6.16. The van der Waals surface area contributed by atoms with Crippen molar-refractivity contribution in [2.75, 3.05) is 6.61 Å². The molecule has 0 amide bonds. The lowest BCUT2D eigenvalue weighted by molar-refractivity contribution is 0.0804. The van der Waals surface area contributed by atoms with Gasteiger partial charge < -0.3 is 4.74 Å². The molecule has 4 heteroatoms. The van der Waals surface area contributed by atoms with E-state index >= 15 is 0 Å². The fraction of sp³-hybridized carbons (Fsp3) is 0.625. The van der Waals surface area contributed by atoms with Gasteiger partial charge in [-0.2, -0.15) is 0 Å². The maximum atomic E-state index is 12.4. The Hall–Kier alpha value is -0.390. The highest BCUT2D eigenvalue weighted by molar-refractivity contribution is 14.1. The van der Waals surface area contributed by atoms with Crippen LogP contribution in [-0.4, -0.2) is 13.0 Å². The first-order chi connectivity index (χ1) is 8.93. The number of benzene rings is 1. The van der Waals surface area contributed by atoms with E-state index in [0.717, 1.165) is 9.13 Å². The van der Waals surface area contributed by atoms with Crippen molar-refractivity contribution in [3.8, 4) is 5.75 Å². The Morgan fingerprint density at radius 2 is 1.60 bits per heavy atom. The fourth-order valence-electron chi connectivity index (χ4n) is 1.88. The van der Waals surface area contributed by atoms with Crippen LogP contribution in [0.2, 0.25) is 0 Å². The molecule has 0 aromatic heterocycles. The summed E-state index contributed by atoms with van der Waals surface area (Å²) in [7, 11) is 0. The molecule has 20 heavy (non-hydrogen) atoms. The number of hydrogen-bond acceptors (Lipinski definition) is 1. The standard InChI is InChI=1S/C16H23F2IO/c1-15(2,3)10-7-11(16(4,5)6)14(12(19)8-10)20-9-13(17)18/h7-8,13H,9H2,1-6H3. The molecule has 114 valence electrons. The molecule has 0 atom stereocenters. The molecule has 0 bridgehead atoms. The summed E-state index contributed by atoms with van der Waals surface area (Å²) in [5.41, 5.74) is 2.03. The third-order valence-electron chi connectivity index (χ3n) is 3.07. The predicted molar refractivity (Wildman–Crippen MR) is 88.1 cm³/mol. The summed E-state index contributed by atoms with van der Waals surface area (Å²) < 4.78 is 31.1. The van der Waals surface area contributed by atoms with E-state index in [1.54, 1.807) is 0 Å². The van der Waals surface area contributed by atoms with Gasteiger partial charge in [0.15, 0.2) is 0 Å². The van der Waals surface area contributed by atoms with Gasteiger partial charge in [-0.1, -0.05) is 47.6 Å². The van der Waals surface area contributed by atoms with Crippen LogP contribution < -0.4 is 4.74 Å². The predicted octanol–water partition coefficient (Wildman–Crippen LogP) is 5.53. The maximum absolute atomic E-state index is 12.4. The Kier molecular flexibility index (Phi) is 5.44. The summed E-state index contributed by atoms with van der Waals surface area (Å²) >= 11 is 2.17. The smallest absolute Gasteiger partial charge is 0.272 e. The minimum atomic E-state index is -2.46. The highest BCUT2D eigenvalue weighted by Gasteiger charge is 2.25. The molecule has 0 aliphatic carbocycles. The zero-order chi connectivity index (χ0) is 15.7. The van der Waals surface area contributed by atoms with Crippen LogP contribution in [0.4, 0.5) is 8.78 Å². The van der Waals surface area contributed by atoms with Gasteiger partial charge in [0.1, 0.15) is 12.4 Å². The van der Waals surface area contributed by atoms with Crippen molar-refractivity contribution in [3.05, 3.63) is 26.8 Å². The molecule has 0 spiro atoms. The number of ether oxygens (including phenoxy) is 1. The van der Waals surface area contributed by atoms with Crippen molar-refractivity contribution in [1.82, 2.24) is 0 Å². The summed E-state index contributed by atoms with van der Waals surface area (Å²) in [6.45, 7) is 12.1. The van der Waals surface area contributed by atoms with Gasteiger partial charge in [-0.25, -0.2) is 8.78 Å². The van der Waals surface area contributed by atoms with Crippen molar-refractivity contribution in [3.63, 3.8) is 0 Å². The molecule has 1 nitrogen and oxygen atoms in total. The van der Waals surface area contributed by atoms with Gasteiger partial charge in [-0.3, -0.25) is 0 Å². The summed E-state index contributed by atoms with van der Waals surface area (Å²) in [4.78, 5) is 0. The van der Waals surface area contributed by atoms with E-state index in [2.05, 4.69) is 70.2 Å². The second-order valence-electron chi connectivity index (χ2n) is 7.04. The Bertz CT molecular complexity index is 471. The topological polar surface area (TPSA) is 9.23 Å². The van der Waals surface area contributed by atoms with Crippen LogP contribution in [0.5, 0.6) is 5.75 Å². The van der Waals surface area contributed by atoms with E-state index in [-0.39, 0.29) is 10.8 Å². The lowest BCUT2D eigenvalue weighted by atomic mass is 9.80. The van der Waals surface area contributed by atoms with Crippen LogP contribution in [0.15, 0.2) is 12.1 Å². The Morgan fingerprint density at radius 1 is 1.05 bits per heavy atom. The van der Waals surface area contributed by atoms with E-state index in [1.807, 2.05) is 6.07 Å². The molecule has 1 aromatic carbocycles. The number of rotatable bonds is 3. The lowest BCUT2D eigenvalue weighted by Gasteiger charge is -2.28. The van der Waals surface area contributed by atoms with Crippen molar-refractivity contribution in [1.29, 1.82) is 0 Å². The SMILES string of the molecule is CC(C)(C)c1cc(I)c(OCC(F)F)c(C(C)(C)C)c1. The quantitative estimate of drug-likeness (QED) is 0.611.